The molecule has 0 spiro atoms. The van der Waals surface area contributed by atoms with Crippen molar-refractivity contribution >= 4 is 17.2 Å². The first kappa shape index (κ1) is 21.8. The molecular formula is C24H15ClF3N5O. The van der Waals surface area contributed by atoms with Crippen LogP contribution in [0.1, 0.15) is 11.1 Å². The minimum atomic E-state index is -4.43. The molecule has 0 radical (unpaired) electrons. The van der Waals surface area contributed by atoms with E-state index >= 15 is 0 Å². The predicted molar refractivity (Wildman–Crippen MR) is 121 cm³/mol. The number of pyridine rings is 1. The van der Waals surface area contributed by atoms with Crippen LogP contribution in [0.2, 0.25) is 5.02 Å². The van der Waals surface area contributed by atoms with Gasteiger partial charge in [0.15, 0.2) is 5.65 Å². The Morgan fingerprint density at radius 2 is 1.68 bits per heavy atom. The molecule has 0 saturated carbocycles. The molecule has 5 rings (SSSR count). The summed E-state index contributed by atoms with van der Waals surface area (Å²) in [5, 5.41) is 9.34. The second-order valence-corrected chi connectivity index (χ2v) is 7.96. The SMILES string of the molecule is O=c1n(Cc2ccc(C(F)(F)F)cc2)nc2c(-c3ccccn3)c(-c3ccc(Cl)cc3)cnn12. The van der Waals surface area contributed by atoms with E-state index in [1.807, 2.05) is 18.2 Å². The zero-order valence-corrected chi connectivity index (χ0v) is 18.1. The van der Waals surface area contributed by atoms with Gasteiger partial charge in [-0.05, 0) is 47.5 Å². The lowest BCUT2D eigenvalue weighted by Gasteiger charge is -2.09. The number of rotatable bonds is 4. The minimum Gasteiger partial charge on any atom is -0.256 e. The minimum absolute atomic E-state index is 0.0156. The fourth-order valence-electron chi connectivity index (χ4n) is 3.65. The largest absolute Gasteiger partial charge is 0.416 e. The van der Waals surface area contributed by atoms with Crippen LogP contribution in [0.25, 0.3) is 28.0 Å². The standard InChI is InChI=1S/C24H15ClF3N5O/c25-18-10-6-16(7-11-18)19-13-30-33-22(21(19)20-3-1-2-12-29-20)31-32(23(33)34)14-15-4-8-17(9-5-15)24(26,27)28/h1-13H,14H2. The molecule has 0 aliphatic rings. The summed E-state index contributed by atoms with van der Waals surface area (Å²) in [6.07, 6.45) is -1.24. The van der Waals surface area contributed by atoms with Gasteiger partial charge in [-0.1, -0.05) is 41.9 Å². The Labute approximate surface area is 195 Å². The van der Waals surface area contributed by atoms with E-state index < -0.39 is 17.4 Å². The van der Waals surface area contributed by atoms with Crippen molar-refractivity contribution in [1.29, 1.82) is 0 Å². The van der Waals surface area contributed by atoms with Crippen LogP contribution in [0, 0.1) is 0 Å². The quantitative estimate of drug-likeness (QED) is 0.347. The van der Waals surface area contributed by atoms with Crippen molar-refractivity contribution < 1.29 is 13.2 Å². The van der Waals surface area contributed by atoms with Crippen LogP contribution in [0.4, 0.5) is 13.2 Å². The lowest BCUT2D eigenvalue weighted by molar-refractivity contribution is -0.137. The van der Waals surface area contributed by atoms with Crippen molar-refractivity contribution in [3.63, 3.8) is 0 Å². The predicted octanol–water partition coefficient (Wildman–Crippen LogP) is 5.34. The third kappa shape index (κ3) is 4.06. The van der Waals surface area contributed by atoms with Crippen molar-refractivity contribution in [2.45, 2.75) is 12.7 Å². The molecule has 0 aliphatic heterocycles. The highest BCUT2D eigenvalue weighted by Crippen LogP contribution is 2.33. The number of nitrogens with zero attached hydrogens (tertiary/aromatic N) is 5. The topological polar surface area (TPSA) is 65.1 Å². The molecule has 0 fully saturated rings. The Kier molecular flexibility index (Phi) is 5.41. The van der Waals surface area contributed by atoms with E-state index in [9.17, 15) is 18.0 Å². The molecule has 0 saturated heterocycles. The van der Waals surface area contributed by atoms with Crippen molar-refractivity contribution in [2.75, 3.05) is 0 Å². The zero-order chi connectivity index (χ0) is 23.9. The van der Waals surface area contributed by atoms with Gasteiger partial charge < -0.3 is 0 Å². The van der Waals surface area contributed by atoms with E-state index in [1.165, 1.54) is 16.8 Å². The van der Waals surface area contributed by atoms with Crippen LogP contribution < -0.4 is 5.69 Å². The van der Waals surface area contributed by atoms with E-state index in [-0.39, 0.29) is 12.2 Å². The molecule has 0 bridgehead atoms. The number of hydrogen-bond acceptors (Lipinski definition) is 4. The lowest BCUT2D eigenvalue weighted by atomic mass is 10.0. The summed E-state index contributed by atoms with van der Waals surface area (Å²) in [6, 6.07) is 17.2. The van der Waals surface area contributed by atoms with Crippen LogP contribution >= 0.6 is 11.6 Å². The molecule has 0 aliphatic carbocycles. The first-order valence-electron chi connectivity index (χ1n) is 10.1. The maximum absolute atomic E-state index is 13.0. The summed E-state index contributed by atoms with van der Waals surface area (Å²) in [6.45, 7) is -0.0156. The van der Waals surface area contributed by atoms with Gasteiger partial charge in [0.1, 0.15) is 0 Å². The summed E-state index contributed by atoms with van der Waals surface area (Å²) < 4.78 is 40.9. The Morgan fingerprint density at radius 1 is 0.941 bits per heavy atom. The summed E-state index contributed by atoms with van der Waals surface area (Å²) in [5.41, 5.74) is 2.20. The fraction of sp³-hybridized carbons (Fsp3) is 0.0833. The van der Waals surface area contributed by atoms with Crippen molar-refractivity contribution in [3.05, 3.63) is 106 Å². The Morgan fingerprint density at radius 3 is 2.32 bits per heavy atom. The average molecular weight is 482 g/mol. The third-order valence-electron chi connectivity index (χ3n) is 5.30. The van der Waals surface area contributed by atoms with Gasteiger partial charge in [-0.15, -0.1) is 5.10 Å². The lowest BCUT2D eigenvalue weighted by Crippen LogP contribution is -2.23. The van der Waals surface area contributed by atoms with Crippen molar-refractivity contribution in [2.24, 2.45) is 0 Å². The monoisotopic (exact) mass is 481 g/mol. The number of aromatic nitrogens is 5. The molecule has 10 heteroatoms. The van der Waals surface area contributed by atoms with Crippen molar-refractivity contribution in [3.8, 4) is 22.4 Å². The van der Waals surface area contributed by atoms with E-state index in [0.29, 0.717) is 27.4 Å². The van der Waals surface area contributed by atoms with E-state index in [2.05, 4.69) is 15.2 Å². The van der Waals surface area contributed by atoms with Crippen LogP contribution in [0.15, 0.2) is 83.9 Å². The number of fused-ring (bicyclic) bond motifs is 1. The number of alkyl halides is 3. The second kappa shape index (κ2) is 8.42. The highest BCUT2D eigenvalue weighted by Gasteiger charge is 2.30. The molecule has 0 atom stereocenters. The highest BCUT2D eigenvalue weighted by molar-refractivity contribution is 6.30. The Hall–Kier alpha value is -3.98. The molecule has 170 valence electrons. The van der Waals surface area contributed by atoms with Crippen LogP contribution in [0.3, 0.4) is 0 Å². The maximum Gasteiger partial charge on any atom is 0.416 e. The number of hydrogen-bond donors (Lipinski definition) is 0. The first-order chi connectivity index (χ1) is 16.3. The second-order valence-electron chi connectivity index (χ2n) is 7.53. The maximum atomic E-state index is 13.0. The van der Waals surface area contributed by atoms with E-state index in [0.717, 1.165) is 22.2 Å². The molecule has 34 heavy (non-hydrogen) atoms. The van der Waals surface area contributed by atoms with E-state index in [4.69, 9.17) is 11.6 Å². The summed E-state index contributed by atoms with van der Waals surface area (Å²) in [4.78, 5) is 17.5. The number of halogens is 4. The molecule has 6 nitrogen and oxygen atoms in total. The first-order valence-corrected chi connectivity index (χ1v) is 10.5. The van der Waals surface area contributed by atoms with Gasteiger partial charge in [-0.25, -0.2) is 9.48 Å². The average Bonchev–Trinajstić information content (AvgIpc) is 3.14. The third-order valence-corrected chi connectivity index (χ3v) is 5.56. The number of benzene rings is 2. The van der Waals surface area contributed by atoms with Gasteiger partial charge in [-0.2, -0.15) is 22.8 Å². The van der Waals surface area contributed by atoms with Gasteiger partial charge in [0.2, 0.25) is 0 Å². The Bertz CT molecular complexity index is 1530. The van der Waals surface area contributed by atoms with Crippen molar-refractivity contribution in [1.82, 2.24) is 24.4 Å². The van der Waals surface area contributed by atoms with E-state index in [1.54, 1.807) is 36.7 Å². The molecule has 2 aromatic carbocycles. The molecule has 0 unspecified atom stereocenters. The van der Waals surface area contributed by atoms with Gasteiger partial charge in [0, 0.05) is 16.8 Å². The summed E-state index contributed by atoms with van der Waals surface area (Å²) in [5.74, 6) is 0. The van der Waals surface area contributed by atoms with Gasteiger partial charge in [-0.3, -0.25) is 4.98 Å². The van der Waals surface area contributed by atoms with Gasteiger partial charge in [0.25, 0.3) is 0 Å². The van der Waals surface area contributed by atoms with Crippen LogP contribution in [-0.2, 0) is 12.7 Å². The van der Waals surface area contributed by atoms with Crippen LogP contribution in [-0.4, -0.2) is 24.4 Å². The summed E-state index contributed by atoms with van der Waals surface area (Å²) >= 11 is 6.04. The normalized spacial score (nSPS) is 11.8. The molecule has 3 aromatic heterocycles. The zero-order valence-electron chi connectivity index (χ0n) is 17.4. The molecule has 0 amide bonds. The molecule has 3 heterocycles. The Balaban J connectivity index is 1.65. The fourth-order valence-corrected chi connectivity index (χ4v) is 3.77. The molecule has 5 aromatic rings. The van der Waals surface area contributed by atoms with Gasteiger partial charge in [0.05, 0.1) is 29.6 Å². The van der Waals surface area contributed by atoms with Crippen LogP contribution in [0.5, 0.6) is 0 Å². The summed E-state index contributed by atoms with van der Waals surface area (Å²) in [7, 11) is 0. The molecule has 0 N–H and O–H groups in total. The van der Waals surface area contributed by atoms with Gasteiger partial charge >= 0.3 is 11.9 Å². The highest BCUT2D eigenvalue weighted by atomic mass is 35.5. The smallest absolute Gasteiger partial charge is 0.256 e. The molecular weight excluding hydrogens is 467 g/mol.